The zero-order valence-corrected chi connectivity index (χ0v) is 12.8. The van der Waals surface area contributed by atoms with Crippen molar-refractivity contribution in [1.82, 2.24) is 15.3 Å². The van der Waals surface area contributed by atoms with Gasteiger partial charge in [0.05, 0.1) is 5.69 Å². The van der Waals surface area contributed by atoms with Gasteiger partial charge in [-0.3, -0.25) is 0 Å². The summed E-state index contributed by atoms with van der Waals surface area (Å²) in [5.74, 6) is 0.703. The van der Waals surface area contributed by atoms with Gasteiger partial charge in [0.25, 0.3) is 0 Å². The van der Waals surface area contributed by atoms with Crippen LogP contribution in [-0.2, 0) is 6.42 Å². The molecular weight excluding hydrogens is 254 g/mol. The zero-order chi connectivity index (χ0) is 13.7. The molecule has 1 atom stereocenters. The van der Waals surface area contributed by atoms with Crippen molar-refractivity contribution < 1.29 is 0 Å². The van der Waals surface area contributed by atoms with E-state index in [2.05, 4.69) is 47.5 Å². The van der Waals surface area contributed by atoms with Crippen LogP contribution in [0.2, 0.25) is 0 Å². The Bertz CT molecular complexity index is 507. The molecule has 0 aliphatic rings. The van der Waals surface area contributed by atoms with Crippen molar-refractivity contribution in [1.29, 1.82) is 0 Å². The third-order valence-corrected chi connectivity index (χ3v) is 4.04. The van der Waals surface area contributed by atoms with Crippen molar-refractivity contribution in [2.45, 2.75) is 46.1 Å². The first-order valence-electron chi connectivity index (χ1n) is 7.11. The average Bonchev–Trinajstić information content (AvgIpc) is 2.84. The number of nitrogens with one attached hydrogen (secondary N) is 1. The predicted octanol–water partition coefficient (Wildman–Crippen LogP) is 3.65. The van der Waals surface area contributed by atoms with Gasteiger partial charge in [0, 0.05) is 17.8 Å². The van der Waals surface area contributed by atoms with E-state index >= 15 is 0 Å². The highest BCUT2D eigenvalue weighted by molar-refractivity contribution is 7.16. The van der Waals surface area contributed by atoms with Crippen LogP contribution >= 0.6 is 11.3 Å². The Balaban J connectivity index is 2.12. The van der Waals surface area contributed by atoms with Gasteiger partial charge >= 0.3 is 0 Å². The topological polar surface area (TPSA) is 37.8 Å². The quantitative estimate of drug-likeness (QED) is 0.839. The summed E-state index contributed by atoms with van der Waals surface area (Å²) >= 11 is 1.69. The molecule has 19 heavy (non-hydrogen) atoms. The molecule has 0 spiro atoms. The number of fused-ring (bicyclic) bond motifs is 1. The molecule has 2 heterocycles. The monoisotopic (exact) mass is 277 g/mol. The van der Waals surface area contributed by atoms with Crippen molar-refractivity contribution in [3.63, 3.8) is 0 Å². The highest BCUT2D eigenvalue weighted by Crippen LogP contribution is 2.22. The van der Waals surface area contributed by atoms with Crippen molar-refractivity contribution in [2.75, 3.05) is 6.54 Å². The standard InChI is InChI=1S/C15H23N3S/c1-4-6-16-12(8-11(2)3)9-14-13-5-7-19-15(13)18-10-17-14/h5,7,10-12,16H,4,6,8-9H2,1-3H3. The van der Waals surface area contributed by atoms with Crippen molar-refractivity contribution in [2.24, 2.45) is 5.92 Å². The van der Waals surface area contributed by atoms with E-state index in [0.29, 0.717) is 12.0 Å². The van der Waals surface area contributed by atoms with Crippen LogP contribution in [0.3, 0.4) is 0 Å². The Morgan fingerprint density at radius 1 is 1.32 bits per heavy atom. The first-order chi connectivity index (χ1) is 9.20. The van der Waals surface area contributed by atoms with Crippen LogP contribution in [0, 0.1) is 5.92 Å². The second kappa shape index (κ2) is 6.96. The Morgan fingerprint density at radius 2 is 2.16 bits per heavy atom. The Labute approximate surface area is 119 Å². The van der Waals surface area contributed by atoms with Gasteiger partial charge in [-0.2, -0.15) is 0 Å². The number of rotatable bonds is 7. The van der Waals surface area contributed by atoms with Crippen molar-refractivity contribution in [3.8, 4) is 0 Å². The van der Waals surface area contributed by atoms with E-state index < -0.39 is 0 Å². The van der Waals surface area contributed by atoms with Crippen LogP contribution in [0.4, 0.5) is 0 Å². The molecule has 0 aliphatic carbocycles. The molecule has 0 amide bonds. The Hall–Kier alpha value is -1.00. The largest absolute Gasteiger partial charge is 0.314 e. The maximum Gasteiger partial charge on any atom is 0.126 e. The highest BCUT2D eigenvalue weighted by Gasteiger charge is 2.14. The van der Waals surface area contributed by atoms with Crippen LogP contribution in [0.1, 0.15) is 39.3 Å². The molecule has 1 N–H and O–H groups in total. The van der Waals surface area contributed by atoms with E-state index in [4.69, 9.17) is 0 Å². The van der Waals surface area contributed by atoms with Crippen LogP contribution in [-0.4, -0.2) is 22.6 Å². The van der Waals surface area contributed by atoms with E-state index in [1.54, 1.807) is 17.7 Å². The van der Waals surface area contributed by atoms with Gasteiger partial charge < -0.3 is 5.32 Å². The van der Waals surface area contributed by atoms with E-state index in [9.17, 15) is 0 Å². The number of aromatic nitrogens is 2. The van der Waals surface area contributed by atoms with E-state index in [-0.39, 0.29) is 0 Å². The minimum Gasteiger partial charge on any atom is -0.314 e. The van der Waals surface area contributed by atoms with Gasteiger partial charge in [-0.15, -0.1) is 11.3 Å². The summed E-state index contributed by atoms with van der Waals surface area (Å²) < 4.78 is 0. The van der Waals surface area contributed by atoms with Gasteiger partial charge in [-0.25, -0.2) is 9.97 Å². The first-order valence-corrected chi connectivity index (χ1v) is 7.99. The Morgan fingerprint density at radius 3 is 2.89 bits per heavy atom. The zero-order valence-electron chi connectivity index (χ0n) is 12.0. The summed E-state index contributed by atoms with van der Waals surface area (Å²) in [4.78, 5) is 9.91. The third-order valence-electron chi connectivity index (χ3n) is 3.22. The molecule has 0 radical (unpaired) electrons. The molecule has 0 aromatic carbocycles. The molecule has 104 valence electrons. The molecule has 2 aromatic heterocycles. The molecule has 2 aromatic rings. The Kier molecular flexibility index (Phi) is 5.28. The van der Waals surface area contributed by atoms with E-state index in [1.165, 1.54) is 23.9 Å². The minimum absolute atomic E-state index is 0.512. The van der Waals surface area contributed by atoms with Crippen LogP contribution < -0.4 is 5.32 Å². The van der Waals surface area contributed by atoms with Crippen molar-refractivity contribution in [3.05, 3.63) is 23.5 Å². The summed E-state index contributed by atoms with van der Waals surface area (Å²) in [6.07, 6.45) is 5.05. The molecule has 4 heteroatoms. The lowest BCUT2D eigenvalue weighted by Gasteiger charge is -2.20. The van der Waals surface area contributed by atoms with Crippen LogP contribution in [0.15, 0.2) is 17.8 Å². The first kappa shape index (κ1) is 14.4. The molecule has 2 rings (SSSR count). The van der Waals surface area contributed by atoms with Crippen LogP contribution in [0.5, 0.6) is 0 Å². The molecule has 3 nitrogen and oxygen atoms in total. The lowest BCUT2D eigenvalue weighted by molar-refractivity contribution is 0.414. The fourth-order valence-electron chi connectivity index (χ4n) is 2.39. The fourth-order valence-corrected chi connectivity index (χ4v) is 3.15. The molecular formula is C15H23N3S. The molecule has 0 saturated carbocycles. The summed E-state index contributed by atoms with van der Waals surface area (Å²) in [5.41, 5.74) is 1.18. The summed E-state index contributed by atoms with van der Waals surface area (Å²) in [7, 11) is 0. The molecule has 0 aliphatic heterocycles. The predicted molar refractivity (Wildman–Crippen MR) is 82.7 cm³/mol. The van der Waals surface area contributed by atoms with Gasteiger partial charge in [-0.05, 0) is 36.8 Å². The maximum absolute atomic E-state index is 4.49. The van der Waals surface area contributed by atoms with Gasteiger partial charge in [0.15, 0.2) is 0 Å². The normalized spacial score (nSPS) is 13.3. The van der Waals surface area contributed by atoms with Crippen molar-refractivity contribution >= 4 is 21.6 Å². The SMILES string of the molecule is CCCNC(Cc1ncnc2sccc12)CC(C)C. The fraction of sp³-hybridized carbons (Fsp3) is 0.600. The number of nitrogens with zero attached hydrogens (tertiary/aromatic N) is 2. The second-order valence-corrected chi connectivity index (χ2v) is 6.34. The molecule has 1 unspecified atom stereocenters. The minimum atomic E-state index is 0.512. The molecule has 0 bridgehead atoms. The van der Waals surface area contributed by atoms with Gasteiger partial charge in [0.1, 0.15) is 11.2 Å². The van der Waals surface area contributed by atoms with Gasteiger partial charge in [0.2, 0.25) is 0 Å². The highest BCUT2D eigenvalue weighted by atomic mass is 32.1. The molecule has 0 saturated heterocycles. The maximum atomic E-state index is 4.49. The van der Waals surface area contributed by atoms with E-state index in [1.807, 2.05) is 0 Å². The number of hydrogen-bond acceptors (Lipinski definition) is 4. The summed E-state index contributed by atoms with van der Waals surface area (Å²) in [6, 6.07) is 2.65. The van der Waals surface area contributed by atoms with Crippen LogP contribution in [0.25, 0.3) is 10.2 Å². The summed E-state index contributed by atoms with van der Waals surface area (Å²) in [5, 5.41) is 6.97. The second-order valence-electron chi connectivity index (χ2n) is 5.44. The average molecular weight is 277 g/mol. The van der Waals surface area contributed by atoms with Gasteiger partial charge in [-0.1, -0.05) is 20.8 Å². The third kappa shape index (κ3) is 3.98. The summed E-state index contributed by atoms with van der Waals surface area (Å²) in [6.45, 7) is 7.85. The lowest BCUT2D eigenvalue weighted by atomic mass is 9.98. The molecule has 0 fully saturated rings. The number of thiophene rings is 1. The lowest BCUT2D eigenvalue weighted by Crippen LogP contribution is -2.33. The number of hydrogen-bond donors (Lipinski definition) is 1. The smallest absolute Gasteiger partial charge is 0.126 e. The van der Waals surface area contributed by atoms with E-state index in [0.717, 1.165) is 17.8 Å².